The zero-order valence-corrected chi connectivity index (χ0v) is 12.9. The molecule has 3 rings (SSSR count). The number of aromatic nitrogens is 1. The highest BCUT2D eigenvalue weighted by Gasteiger charge is 2.21. The monoisotopic (exact) mass is 302 g/mol. The normalized spacial score (nSPS) is 15.5. The van der Waals surface area contributed by atoms with Gasteiger partial charge in [-0.3, -0.25) is 4.79 Å². The van der Waals surface area contributed by atoms with Gasteiger partial charge < -0.3 is 4.90 Å². The fourth-order valence-corrected chi connectivity index (χ4v) is 3.41. The highest BCUT2D eigenvalue weighted by atomic mass is 35.5. The Balaban J connectivity index is 1.88. The van der Waals surface area contributed by atoms with Gasteiger partial charge >= 0.3 is 0 Å². The smallest absolute Gasteiger partial charge is 0.255 e. The maximum Gasteiger partial charge on any atom is 0.255 e. The van der Waals surface area contributed by atoms with Crippen molar-refractivity contribution in [3.63, 3.8) is 0 Å². The van der Waals surface area contributed by atoms with Crippen LogP contribution in [0.4, 0.5) is 0 Å². The van der Waals surface area contributed by atoms with Crippen LogP contribution in [0.25, 0.3) is 10.8 Å². The molecule has 4 heteroatoms. The van der Waals surface area contributed by atoms with Crippen LogP contribution in [0.5, 0.6) is 0 Å². The van der Waals surface area contributed by atoms with Crippen molar-refractivity contribution in [1.82, 2.24) is 9.88 Å². The van der Waals surface area contributed by atoms with Crippen LogP contribution < -0.4 is 0 Å². The summed E-state index contributed by atoms with van der Waals surface area (Å²) in [5.74, 6) is 0.674. The van der Waals surface area contributed by atoms with E-state index < -0.39 is 0 Å². The summed E-state index contributed by atoms with van der Waals surface area (Å²) in [5, 5.41) is 2.15. The average Bonchev–Trinajstić information content (AvgIpc) is 3.00. The first-order valence-corrected chi connectivity index (χ1v) is 7.83. The van der Waals surface area contributed by atoms with Gasteiger partial charge in [0.1, 0.15) is 5.15 Å². The zero-order valence-electron chi connectivity index (χ0n) is 12.2. The fraction of sp³-hybridized carbons (Fsp3) is 0.412. The van der Waals surface area contributed by atoms with Crippen molar-refractivity contribution in [2.24, 2.45) is 5.92 Å². The Morgan fingerprint density at radius 2 is 1.95 bits per heavy atom. The van der Waals surface area contributed by atoms with Crippen LogP contribution >= 0.6 is 11.6 Å². The van der Waals surface area contributed by atoms with Gasteiger partial charge in [0, 0.05) is 25.2 Å². The van der Waals surface area contributed by atoms with Crippen LogP contribution in [0, 0.1) is 5.92 Å². The van der Waals surface area contributed by atoms with Crippen molar-refractivity contribution in [2.75, 3.05) is 13.6 Å². The summed E-state index contributed by atoms with van der Waals surface area (Å²) in [6.07, 6.45) is 6.64. The first kappa shape index (κ1) is 14.3. The lowest BCUT2D eigenvalue weighted by molar-refractivity contribution is 0.0775. The molecule has 110 valence electrons. The number of benzene rings is 1. The lowest BCUT2D eigenvalue weighted by Crippen LogP contribution is -2.31. The number of carbonyl (C=O) groups is 1. The summed E-state index contributed by atoms with van der Waals surface area (Å²) < 4.78 is 0. The number of nitrogens with zero attached hydrogens (tertiary/aromatic N) is 2. The Kier molecular flexibility index (Phi) is 4.11. The molecule has 0 atom stereocenters. The Morgan fingerprint density at radius 1 is 1.29 bits per heavy atom. The molecule has 0 N–H and O–H groups in total. The molecule has 0 unspecified atom stereocenters. The molecule has 0 aliphatic heterocycles. The minimum absolute atomic E-state index is 0.0299. The standard InChI is InChI=1S/C17H19ClN2O/c1-20(11-12-6-2-3-7-12)17(21)15-10-19-16(18)14-9-5-4-8-13(14)15/h4-5,8-10,12H,2-3,6-7,11H2,1H3. The topological polar surface area (TPSA) is 33.2 Å². The summed E-state index contributed by atoms with van der Waals surface area (Å²) in [6, 6.07) is 7.66. The Morgan fingerprint density at radius 3 is 2.67 bits per heavy atom. The maximum absolute atomic E-state index is 12.7. The van der Waals surface area contributed by atoms with Crippen molar-refractivity contribution in [2.45, 2.75) is 25.7 Å². The highest BCUT2D eigenvalue weighted by Crippen LogP contribution is 2.27. The molecule has 0 spiro atoms. The van der Waals surface area contributed by atoms with Gasteiger partial charge in [-0.1, -0.05) is 48.7 Å². The van der Waals surface area contributed by atoms with Gasteiger partial charge in [0.15, 0.2) is 0 Å². The molecule has 3 nitrogen and oxygen atoms in total. The van der Waals surface area contributed by atoms with Crippen molar-refractivity contribution >= 4 is 28.3 Å². The predicted octanol–water partition coefficient (Wildman–Crippen LogP) is 4.15. The second-order valence-corrected chi connectivity index (χ2v) is 6.20. The average molecular weight is 303 g/mol. The van der Waals surface area contributed by atoms with Crippen LogP contribution in [0.1, 0.15) is 36.0 Å². The largest absolute Gasteiger partial charge is 0.341 e. The lowest BCUT2D eigenvalue weighted by Gasteiger charge is -2.21. The first-order chi connectivity index (χ1) is 10.2. The molecule has 1 saturated carbocycles. The summed E-state index contributed by atoms with van der Waals surface area (Å²) >= 11 is 6.11. The Hall–Kier alpha value is -1.61. The van der Waals surface area contributed by atoms with E-state index >= 15 is 0 Å². The third-order valence-corrected chi connectivity index (χ3v) is 4.63. The van der Waals surface area contributed by atoms with Gasteiger partial charge in [-0.2, -0.15) is 0 Å². The van der Waals surface area contributed by atoms with Gasteiger partial charge in [-0.25, -0.2) is 4.98 Å². The maximum atomic E-state index is 12.7. The molecule has 1 aliphatic rings. The summed E-state index contributed by atoms with van der Waals surface area (Å²) in [7, 11) is 1.88. The molecule has 1 heterocycles. The second-order valence-electron chi connectivity index (χ2n) is 5.84. The van der Waals surface area contributed by atoms with Gasteiger partial charge in [0.2, 0.25) is 0 Å². The summed E-state index contributed by atoms with van der Waals surface area (Å²) in [4.78, 5) is 18.7. The number of amides is 1. The van der Waals surface area contributed by atoms with Gasteiger partial charge in [0.05, 0.1) is 5.56 Å². The molecule has 21 heavy (non-hydrogen) atoms. The zero-order chi connectivity index (χ0) is 14.8. The van der Waals surface area contributed by atoms with E-state index in [9.17, 15) is 4.79 Å². The molecule has 1 aliphatic carbocycles. The molecular formula is C17H19ClN2O. The molecule has 1 aromatic carbocycles. The van der Waals surface area contributed by atoms with E-state index in [1.807, 2.05) is 36.2 Å². The number of carbonyl (C=O) groups excluding carboxylic acids is 1. The van der Waals surface area contributed by atoms with Gasteiger partial charge in [-0.05, 0) is 24.1 Å². The Labute approximate surface area is 129 Å². The van der Waals surface area contributed by atoms with E-state index in [-0.39, 0.29) is 5.91 Å². The fourth-order valence-electron chi connectivity index (χ4n) is 3.20. The summed E-state index contributed by atoms with van der Waals surface area (Å²) in [6.45, 7) is 0.829. The molecule has 2 aromatic rings. The number of pyridine rings is 1. The van der Waals surface area contributed by atoms with E-state index in [1.165, 1.54) is 25.7 Å². The number of hydrogen-bond donors (Lipinski definition) is 0. The van der Waals surface area contributed by atoms with Crippen LogP contribution in [-0.4, -0.2) is 29.4 Å². The third-order valence-electron chi connectivity index (χ3n) is 4.33. The van der Waals surface area contributed by atoms with Crippen molar-refractivity contribution in [1.29, 1.82) is 0 Å². The molecule has 0 radical (unpaired) electrons. The quantitative estimate of drug-likeness (QED) is 0.798. The molecular weight excluding hydrogens is 284 g/mol. The first-order valence-electron chi connectivity index (χ1n) is 7.45. The number of hydrogen-bond acceptors (Lipinski definition) is 2. The lowest BCUT2D eigenvalue weighted by atomic mass is 10.1. The van der Waals surface area contributed by atoms with Crippen molar-refractivity contribution in [3.05, 3.63) is 41.2 Å². The van der Waals surface area contributed by atoms with Crippen molar-refractivity contribution < 1.29 is 4.79 Å². The van der Waals surface area contributed by atoms with E-state index in [0.29, 0.717) is 16.6 Å². The summed E-state index contributed by atoms with van der Waals surface area (Å²) in [5.41, 5.74) is 0.635. The van der Waals surface area contributed by atoms with Gasteiger partial charge in [0.25, 0.3) is 5.91 Å². The molecule has 1 fully saturated rings. The Bertz CT molecular complexity index is 665. The molecule has 0 bridgehead atoms. The molecule has 1 amide bonds. The van der Waals surface area contributed by atoms with Gasteiger partial charge in [-0.15, -0.1) is 0 Å². The SMILES string of the molecule is CN(CC1CCCC1)C(=O)c1cnc(Cl)c2ccccc12. The van der Waals surface area contributed by atoms with Crippen LogP contribution in [0.15, 0.2) is 30.5 Å². The predicted molar refractivity (Wildman–Crippen MR) is 85.7 cm³/mol. The number of fused-ring (bicyclic) bond motifs is 1. The third kappa shape index (κ3) is 2.88. The highest BCUT2D eigenvalue weighted by molar-refractivity contribution is 6.34. The van der Waals surface area contributed by atoms with Crippen LogP contribution in [0.2, 0.25) is 5.15 Å². The second kappa shape index (κ2) is 6.02. The van der Waals surface area contributed by atoms with E-state index in [1.54, 1.807) is 6.20 Å². The van der Waals surface area contributed by atoms with Crippen LogP contribution in [0.3, 0.4) is 0 Å². The van der Waals surface area contributed by atoms with E-state index in [0.717, 1.165) is 17.3 Å². The van der Waals surface area contributed by atoms with E-state index in [2.05, 4.69) is 4.98 Å². The minimum Gasteiger partial charge on any atom is -0.341 e. The molecule has 0 saturated heterocycles. The van der Waals surface area contributed by atoms with Crippen molar-refractivity contribution in [3.8, 4) is 0 Å². The van der Waals surface area contributed by atoms with E-state index in [4.69, 9.17) is 11.6 Å². The minimum atomic E-state index is 0.0299. The number of rotatable bonds is 3. The number of halogens is 1. The molecule has 1 aromatic heterocycles. The van der Waals surface area contributed by atoms with Crippen LogP contribution in [-0.2, 0) is 0 Å².